The predicted molar refractivity (Wildman–Crippen MR) is 75.9 cm³/mol. The fourth-order valence-electron chi connectivity index (χ4n) is 3.36. The predicted octanol–water partition coefficient (Wildman–Crippen LogP) is 2.27. The second kappa shape index (κ2) is 6.36. The molecule has 0 aliphatic carbocycles. The van der Waals surface area contributed by atoms with Crippen LogP contribution in [0.5, 0.6) is 0 Å². The van der Waals surface area contributed by atoms with Crippen LogP contribution in [-0.2, 0) is 4.74 Å². The van der Waals surface area contributed by atoms with Gasteiger partial charge in [-0.1, -0.05) is 6.92 Å². The molecule has 0 radical (unpaired) electrons. The molecule has 0 bridgehead atoms. The normalized spacial score (nSPS) is 38.0. The van der Waals surface area contributed by atoms with Crippen LogP contribution in [0.25, 0.3) is 0 Å². The lowest BCUT2D eigenvalue weighted by Gasteiger charge is -2.42. The van der Waals surface area contributed by atoms with Crippen molar-refractivity contribution in [2.45, 2.75) is 57.6 Å². The highest BCUT2D eigenvalue weighted by Crippen LogP contribution is 2.30. The molecule has 0 aromatic heterocycles. The van der Waals surface area contributed by atoms with Crippen molar-refractivity contribution in [2.75, 3.05) is 33.3 Å². The summed E-state index contributed by atoms with van der Waals surface area (Å²) in [5, 5.41) is 3.52. The van der Waals surface area contributed by atoms with Crippen molar-refractivity contribution in [1.29, 1.82) is 0 Å². The Balaban J connectivity index is 1.82. The molecule has 3 atom stereocenters. The Hall–Kier alpha value is -0.120. The van der Waals surface area contributed by atoms with Crippen LogP contribution in [0, 0.1) is 5.92 Å². The Morgan fingerprint density at radius 3 is 2.89 bits per heavy atom. The van der Waals surface area contributed by atoms with Crippen LogP contribution in [0.4, 0.5) is 0 Å². The Morgan fingerprint density at radius 2 is 2.22 bits per heavy atom. The van der Waals surface area contributed by atoms with Crippen LogP contribution in [0.3, 0.4) is 0 Å². The van der Waals surface area contributed by atoms with Crippen LogP contribution in [-0.4, -0.2) is 49.8 Å². The van der Waals surface area contributed by atoms with Crippen molar-refractivity contribution in [3.63, 3.8) is 0 Å². The van der Waals surface area contributed by atoms with Crippen LogP contribution < -0.4 is 5.32 Å². The zero-order chi connectivity index (χ0) is 13.0. The van der Waals surface area contributed by atoms with Gasteiger partial charge in [-0.3, -0.25) is 0 Å². The maximum Gasteiger partial charge on any atom is 0.0666 e. The van der Waals surface area contributed by atoms with E-state index in [9.17, 15) is 0 Å². The quantitative estimate of drug-likeness (QED) is 0.833. The molecule has 0 saturated carbocycles. The van der Waals surface area contributed by atoms with Gasteiger partial charge in [0.15, 0.2) is 0 Å². The summed E-state index contributed by atoms with van der Waals surface area (Å²) >= 11 is 0. The molecule has 0 aromatic rings. The van der Waals surface area contributed by atoms with Crippen molar-refractivity contribution < 1.29 is 4.74 Å². The van der Waals surface area contributed by atoms with E-state index in [0.29, 0.717) is 6.04 Å². The number of nitrogens with one attached hydrogen (secondary N) is 1. The molecule has 106 valence electrons. The lowest BCUT2D eigenvalue weighted by molar-refractivity contribution is -0.0949. The molecular formula is C15H30N2O. The third kappa shape index (κ3) is 3.69. The minimum atomic E-state index is 0.113. The molecule has 3 nitrogen and oxygen atoms in total. The molecule has 2 aliphatic heterocycles. The number of hydrogen-bond acceptors (Lipinski definition) is 3. The molecule has 0 aromatic carbocycles. The third-order valence-electron chi connectivity index (χ3n) is 4.89. The first kappa shape index (κ1) is 14.3. The first-order valence-electron chi connectivity index (χ1n) is 7.68. The number of ether oxygens (including phenoxy) is 1. The molecule has 0 amide bonds. The first-order chi connectivity index (χ1) is 8.63. The van der Waals surface area contributed by atoms with Crippen molar-refractivity contribution in [3.8, 4) is 0 Å². The van der Waals surface area contributed by atoms with Gasteiger partial charge in [-0.05, 0) is 65.1 Å². The average Bonchev–Trinajstić information content (AvgIpc) is 2.40. The summed E-state index contributed by atoms with van der Waals surface area (Å²) < 4.78 is 5.95. The fourth-order valence-corrected chi connectivity index (χ4v) is 3.36. The number of rotatable bonds is 4. The summed E-state index contributed by atoms with van der Waals surface area (Å²) in [7, 11) is 2.31. The van der Waals surface area contributed by atoms with E-state index in [-0.39, 0.29) is 5.60 Å². The topological polar surface area (TPSA) is 24.5 Å². The van der Waals surface area contributed by atoms with E-state index >= 15 is 0 Å². The highest BCUT2D eigenvalue weighted by molar-refractivity contribution is 4.87. The molecular weight excluding hydrogens is 224 g/mol. The maximum atomic E-state index is 5.95. The van der Waals surface area contributed by atoms with Gasteiger partial charge in [-0.2, -0.15) is 0 Å². The Labute approximate surface area is 112 Å². The standard InChI is InChI=1S/C15H30N2O/c1-4-15(2)10-14(7-9-18-15)17(3)12-13-6-5-8-16-11-13/h13-14,16H,4-12H2,1-3H3. The van der Waals surface area contributed by atoms with Crippen LogP contribution in [0.15, 0.2) is 0 Å². The van der Waals surface area contributed by atoms with E-state index in [4.69, 9.17) is 4.74 Å². The highest BCUT2D eigenvalue weighted by atomic mass is 16.5. The fraction of sp³-hybridized carbons (Fsp3) is 1.00. The summed E-state index contributed by atoms with van der Waals surface area (Å²) in [5.74, 6) is 0.847. The first-order valence-corrected chi connectivity index (χ1v) is 7.68. The van der Waals surface area contributed by atoms with Gasteiger partial charge in [0, 0.05) is 19.2 Å². The number of nitrogens with zero attached hydrogens (tertiary/aromatic N) is 1. The summed E-state index contributed by atoms with van der Waals surface area (Å²) in [6.07, 6.45) is 6.26. The van der Waals surface area contributed by atoms with Gasteiger partial charge < -0.3 is 15.0 Å². The third-order valence-corrected chi connectivity index (χ3v) is 4.89. The number of piperidine rings is 1. The molecule has 2 fully saturated rings. The monoisotopic (exact) mass is 254 g/mol. The lowest BCUT2D eigenvalue weighted by atomic mass is 9.88. The van der Waals surface area contributed by atoms with Gasteiger partial charge >= 0.3 is 0 Å². The van der Waals surface area contributed by atoms with E-state index in [1.807, 2.05) is 0 Å². The summed E-state index contributed by atoms with van der Waals surface area (Å²) in [4.78, 5) is 2.59. The van der Waals surface area contributed by atoms with Crippen LogP contribution in [0.2, 0.25) is 0 Å². The Bertz CT molecular complexity index is 253. The summed E-state index contributed by atoms with van der Waals surface area (Å²) in [6.45, 7) is 9.12. The molecule has 1 N–H and O–H groups in total. The van der Waals surface area contributed by atoms with E-state index in [0.717, 1.165) is 18.9 Å². The van der Waals surface area contributed by atoms with Crippen molar-refractivity contribution in [2.24, 2.45) is 5.92 Å². The SMILES string of the molecule is CCC1(C)CC(N(C)CC2CCCNC2)CCO1. The van der Waals surface area contributed by atoms with Gasteiger partial charge in [0.05, 0.1) is 5.60 Å². The van der Waals surface area contributed by atoms with Gasteiger partial charge in [0.25, 0.3) is 0 Å². The van der Waals surface area contributed by atoms with E-state index in [1.54, 1.807) is 0 Å². The molecule has 2 rings (SSSR count). The van der Waals surface area contributed by atoms with Gasteiger partial charge in [-0.15, -0.1) is 0 Å². The van der Waals surface area contributed by atoms with E-state index in [1.165, 1.54) is 45.3 Å². The largest absolute Gasteiger partial charge is 0.375 e. The molecule has 2 heterocycles. The van der Waals surface area contributed by atoms with Crippen LogP contribution in [0.1, 0.15) is 46.0 Å². The van der Waals surface area contributed by atoms with Gasteiger partial charge in [0.1, 0.15) is 0 Å². The van der Waals surface area contributed by atoms with E-state index in [2.05, 4.69) is 31.1 Å². The molecule has 2 saturated heterocycles. The van der Waals surface area contributed by atoms with Gasteiger partial charge in [0.2, 0.25) is 0 Å². The summed E-state index contributed by atoms with van der Waals surface area (Å²) in [6, 6.07) is 0.714. The molecule has 3 unspecified atom stereocenters. The highest BCUT2D eigenvalue weighted by Gasteiger charge is 2.33. The number of hydrogen-bond donors (Lipinski definition) is 1. The summed E-state index contributed by atoms with van der Waals surface area (Å²) in [5.41, 5.74) is 0.113. The smallest absolute Gasteiger partial charge is 0.0666 e. The molecule has 3 heteroatoms. The van der Waals surface area contributed by atoms with Crippen LogP contribution >= 0.6 is 0 Å². The Kier molecular flexibility index (Phi) is 5.05. The zero-order valence-corrected chi connectivity index (χ0v) is 12.4. The maximum absolute atomic E-state index is 5.95. The second-order valence-electron chi connectivity index (χ2n) is 6.45. The van der Waals surface area contributed by atoms with Crippen molar-refractivity contribution in [3.05, 3.63) is 0 Å². The molecule has 18 heavy (non-hydrogen) atoms. The van der Waals surface area contributed by atoms with Gasteiger partial charge in [-0.25, -0.2) is 0 Å². The molecule has 2 aliphatic rings. The minimum absolute atomic E-state index is 0.113. The second-order valence-corrected chi connectivity index (χ2v) is 6.45. The lowest BCUT2D eigenvalue weighted by Crippen LogP contribution is -2.48. The Morgan fingerprint density at radius 1 is 1.39 bits per heavy atom. The minimum Gasteiger partial charge on any atom is -0.375 e. The molecule has 0 spiro atoms. The average molecular weight is 254 g/mol. The van der Waals surface area contributed by atoms with Crippen molar-refractivity contribution >= 4 is 0 Å². The van der Waals surface area contributed by atoms with Crippen molar-refractivity contribution in [1.82, 2.24) is 10.2 Å². The zero-order valence-electron chi connectivity index (χ0n) is 12.4. The van der Waals surface area contributed by atoms with E-state index < -0.39 is 0 Å².